The highest BCUT2D eigenvalue weighted by Crippen LogP contribution is 2.27. The van der Waals surface area contributed by atoms with Gasteiger partial charge < -0.3 is 10.8 Å². The maximum Gasteiger partial charge on any atom is 0.336 e. The number of nitrogens with zero attached hydrogens (tertiary/aromatic N) is 1. The lowest BCUT2D eigenvalue weighted by Crippen LogP contribution is -2.01. The summed E-state index contributed by atoms with van der Waals surface area (Å²) in [6.07, 6.45) is 0.987. The van der Waals surface area contributed by atoms with Gasteiger partial charge in [0, 0.05) is 15.4 Å². The number of fused-ring (bicyclic) bond motifs is 1. The molecule has 0 saturated carbocycles. The van der Waals surface area contributed by atoms with E-state index in [1.54, 1.807) is 12.1 Å². The smallest absolute Gasteiger partial charge is 0.336 e. The third kappa shape index (κ3) is 5.50. The van der Waals surface area contributed by atoms with Crippen molar-refractivity contribution in [1.82, 2.24) is 4.98 Å². The summed E-state index contributed by atoms with van der Waals surface area (Å²) in [5.41, 5.74) is 9.18. The Kier molecular flexibility index (Phi) is 7.11. The molecule has 0 aliphatic rings. The number of halogens is 1. The van der Waals surface area contributed by atoms with Gasteiger partial charge in [-0.05, 0) is 42.8 Å². The zero-order chi connectivity index (χ0) is 20.6. The normalized spacial score (nSPS) is 10.3. The van der Waals surface area contributed by atoms with Gasteiger partial charge in [0.2, 0.25) is 0 Å². The van der Waals surface area contributed by atoms with Gasteiger partial charge in [-0.3, -0.25) is 0 Å². The first kappa shape index (κ1) is 20.7. The lowest BCUT2D eigenvalue weighted by molar-refractivity contribution is 0.0699. The molecule has 4 rings (SSSR count). The number of hydrogen-bond donors (Lipinski definition) is 2. The van der Waals surface area contributed by atoms with Crippen molar-refractivity contribution in [2.45, 2.75) is 6.42 Å². The van der Waals surface area contributed by atoms with Crippen LogP contribution in [0, 0.1) is 0 Å². The molecule has 146 valence electrons. The van der Waals surface area contributed by atoms with Crippen LogP contribution in [0.15, 0.2) is 89.4 Å². The second kappa shape index (κ2) is 9.96. The third-order valence-electron chi connectivity index (χ3n) is 4.35. The Morgan fingerprint density at radius 1 is 0.931 bits per heavy atom. The summed E-state index contributed by atoms with van der Waals surface area (Å²) in [4.78, 5) is 16.0. The van der Waals surface area contributed by atoms with Gasteiger partial charge in [0.1, 0.15) is 0 Å². The van der Waals surface area contributed by atoms with E-state index < -0.39 is 5.97 Å². The Hall–Kier alpha value is -3.02. The molecule has 0 aliphatic heterocycles. The molecule has 3 aromatic carbocycles. The summed E-state index contributed by atoms with van der Waals surface area (Å²) in [5, 5.41) is 10.0. The molecule has 5 heteroatoms. The Morgan fingerprint density at radius 3 is 2.21 bits per heavy atom. The quantitative estimate of drug-likeness (QED) is 0.428. The monoisotopic (exact) mass is 448 g/mol. The van der Waals surface area contributed by atoms with E-state index in [9.17, 15) is 9.90 Å². The summed E-state index contributed by atoms with van der Waals surface area (Å²) in [5.74, 6) is -0.951. The van der Waals surface area contributed by atoms with Crippen LogP contribution in [0.5, 0.6) is 0 Å². The molecule has 4 nitrogen and oxygen atoms in total. The van der Waals surface area contributed by atoms with Crippen LogP contribution in [0.4, 0.5) is 0 Å². The van der Waals surface area contributed by atoms with Crippen molar-refractivity contribution < 1.29 is 9.90 Å². The first-order valence-corrected chi connectivity index (χ1v) is 10.0. The second-order valence-electron chi connectivity index (χ2n) is 6.41. The first-order chi connectivity index (χ1) is 14.1. The predicted octanol–water partition coefficient (Wildman–Crippen LogP) is 5.55. The van der Waals surface area contributed by atoms with Gasteiger partial charge in [0.15, 0.2) is 0 Å². The molecule has 0 aliphatic carbocycles. The fourth-order valence-electron chi connectivity index (χ4n) is 2.94. The summed E-state index contributed by atoms with van der Waals surface area (Å²) in [6.45, 7) is 0.740. The number of carboxylic acids is 1. The van der Waals surface area contributed by atoms with Crippen molar-refractivity contribution in [1.29, 1.82) is 0 Å². The Balaban J connectivity index is 0.000000224. The number of rotatable bonds is 4. The largest absolute Gasteiger partial charge is 0.478 e. The zero-order valence-electron chi connectivity index (χ0n) is 15.8. The Morgan fingerprint density at radius 2 is 1.59 bits per heavy atom. The van der Waals surface area contributed by atoms with E-state index in [4.69, 9.17) is 5.73 Å². The first-order valence-electron chi connectivity index (χ1n) is 9.21. The van der Waals surface area contributed by atoms with Crippen LogP contribution in [0.25, 0.3) is 22.2 Å². The molecule has 3 N–H and O–H groups in total. The van der Waals surface area contributed by atoms with Crippen LogP contribution >= 0.6 is 15.9 Å². The molecule has 0 unspecified atom stereocenters. The predicted molar refractivity (Wildman–Crippen MR) is 121 cm³/mol. The lowest BCUT2D eigenvalue weighted by atomic mass is 10.0. The highest BCUT2D eigenvalue weighted by molar-refractivity contribution is 9.10. The molecule has 0 radical (unpaired) electrons. The van der Waals surface area contributed by atoms with E-state index in [-0.39, 0.29) is 5.56 Å². The summed E-state index contributed by atoms with van der Waals surface area (Å²) >= 11 is 3.36. The average Bonchev–Trinajstić information content (AvgIpc) is 2.75. The fourth-order valence-corrected chi connectivity index (χ4v) is 3.30. The molecule has 1 heterocycles. The maximum absolute atomic E-state index is 11.5. The molecule has 0 saturated heterocycles. The standard InChI is InChI=1S/C16H10BrNO2.C8H11N/c17-11-6-7-14-12(8-11)13(16(19)20)9-15(18-14)10-4-2-1-3-5-10;9-7-6-8-4-2-1-3-5-8/h1-9H,(H,19,20);1-5H,6-7,9H2. The second-order valence-corrected chi connectivity index (χ2v) is 7.33. The number of carbonyl (C=O) groups is 1. The highest BCUT2D eigenvalue weighted by Gasteiger charge is 2.13. The van der Waals surface area contributed by atoms with Crippen LogP contribution in [-0.2, 0) is 6.42 Å². The molecule has 29 heavy (non-hydrogen) atoms. The topological polar surface area (TPSA) is 76.2 Å². The highest BCUT2D eigenvalue weighted by atomic mass is 79.9. The van der Waals surface area contributed by atoms with Crippen molar-refractivity contribution >= 4 is 32.8 Å². The molecule has 1 aromatic heterocycles. The van der Waals surface area contributed by atoms with Crippen LogP contribution in [-0.4, -0.2) is 22.6 Å². The number of aromatic nitrogens is 1. The van der Waals surface area contributed by atoms with Gasteiger partial charge in [-0.15, -0.1) is 0 Å². The van der Waals surface area contributed by atoms with Crippen molar-refractivity contribution in [3.63, 3.8) is 0 Å². The molecule has 0 bridgehead atoms. The summed E-state index contributed by atoms with van der Waals surface area (Å²) < 4.78 is 0.835. The SMILES string of the molecule is NCCc1ccccc1.O=C(O)c1cc(-c2ccccc2)nc2ccc(Br)cc12. The van der Waals surface area contributed by atoms with E-state index in [1.807, 2.05) is 60.7 Å². The van der Waals surface area contributed by atoms with Crippen LogP contribution < -0.4 is 5.73 Å². The van der Waals surface area contributed by atoms with Crippen molar-refractivity contribution in [2.75, 3.05) is 6.54 Å². The van der Waals surface area contributed by atoms with Crippen molar-refractivity contribution in [3.8, 4) is 11.3 Å². The minimum atomic E-state index is -0.951. The van der Waals surface area contributed by atoms with Gasteiger partial charge in [-0.1, -0.05) is 76.6 Å². The number of nitrogens with two attached hydrogens (primary N) is 1. The van der Waals surface area contributed by atoms with Gasteiger partial charge in [-0.25, -0.2) is 9.78 Å². The summed E-state index contributed by atoms with van der Waals surface area (Å²) in [7, 11) is 0. The number of benzene rings is 3. The number of hydrogen-bond acceptors (Lipinski definition) is 3. The molecular formula is C24H21BrN2O2. The number of aromatic carboxylic acids is 1. The van der Waals surface area contributed by atoms with Crippen molar-refractivity contribution in [2.24, 2.45) is 5.73 Å². The summed E-state index contributed by atoms with van der Waals surface area (Å²) in [6, 6.07) is 26.9. The van der Waals surface area contributed by atoms with E-state index in [1.165, 1.54) is 5.56 Å². The van der Waals surface area contributed by atoms with Gasteiger partial charge in [0.05, 0.1) is 16.8 Å². The molecule has 0 atom stereocenters. The maximum atomic E-state index is 11.5. The molecule has 4 aromatic rings. The van der Waals surface area contributed by atoms with Gasteiger partial charge >= 0.3 is 5.97 Å². The lowest BCUT2D eigenvalue weighted by Gasteiger charge is -2.07. The van der Waals surface area contributed by atoms with Crippen molar-refractivity contribution in [3.05, 3.63) is 101 Å². The Labute approximate surface area is 178 Å². The minimum Gasteiger partial charge on any atom is -0.478 e. The number of carboxylic acid groups (broad SMARTS) is 1. The van der Waals surface area contributed by atoms with E-state index >= 15 is 0 Å². The average molecular weight is 449 g/mol. The molecule has 0 fully saturated rings. The zero-order valence-corrected chi connectivity index (χ0v) is 17.3. The van der Waals surface area contributed by atoms with Crippen LogP contribution in [0.1, 0.15) is 15.9 Å². The number of pyridine rings is 1. The third-order valence-corrected chi connectivity index (χ3v) is 4.84. The fraction of sp³-hybridized carbons (Fsp3) is 0.0833. The van der Waals surface area contributed by atoms with E-state index in [2.05, 4.69) is 33.0 Å². The molecule has 0 amide bonds. The Bertz CT molecular complexity index is 1100. The van der Waals surface area contributed by atoms with Gasteiger partial charge in [-0.2, -0.15) is 0 Å². The van der Waals surface area contributed by atoms with Crippen LogP contribution in [0.3, 0.4) is 0 Å². The van der Waals surface area contributed by atoms with Gasteiger partial charge in [0.25, 0.3) is 0 Å². The van der Waals surface area contributed by atoms with Crippen LogP contribution in [0.2, 0.25) is 0 Å². The van der Waals surface area contributed by atoms with E-state index in [0.717, 1.165) is 23.0 Å². The van der Waals surface area contributed by atoms with E-state index in [0.29, 0.717) is 16.6 Å². The molecular weight excluding hydrogens is 428 g/mol. The minimum absolute atomic E-state index is 0.259. The molecule has 0 spiro atoms.